The summed E-state index contributed by atoms with van der Waals surface area (Å²) in [6.07, 6.45) is 0. The first-order valence-electron chi connectivity index (χ1n) is 3.00. The molecule has 58 valence electrons. The Bertz CT molecular complexity index is 145. The van der Waals surface area contributed by atoms with Gasteiger partial charge in [0, 0.05) is 5.92 Å². The van der Waals surface area contributed by atoms with Gasteiger partial charge in [0.15, 0.2) is 0 Å². The molecule has 0 heterocycles. The summed E-state index contributed by atoms with van der Waals surface area (Å²) >= 11 is 0. The Hall–Kier alpha value is -1.06. The fraction of sp³-hybridized carbons (Fsp3) is 0.667. The third-order valence-electron chi connectivity index (χ3n) is 1.57. The minimum atomic E-state index is -0.102. The Morgan fingerprint density at radius 1 is 1.10 bits per heavy atom. The van der Waals surface area contributed by atoms with Crippen LogP contribution in [0.4, 0.5) is 0 Å². The highest BCUT2D eigenvalue weighted by atomic mass is 16.4. The van der Waals surface area contributed by atoms with E-state index in [1.807, 2.05) is 0 Å². The lowest BCUT2D eigenvalue weighted by Gasteiger charge is -2.05. The summed E-state index contributed by atoms with van der Waals surface area (Å²) in [5.74, 6) is -0.102. The van der Waals surface area contributed by atoms with Crippen LogP contribution in [0.25, 0.3) is 0 Å². The topological polar surface area (TPSA) is 65.2 Å². The van der Waals surface area contributed by atoms with Gasteiger partial charge in [0.05, 0.1) is 11.4 Å². The summed E-state index contributed by atoms with van der Waals surface area (Å²) < 4.78 is 0. The summed E-state index contributed by atoms with van der Waals surface area (Å²) in [4.78, 5) is 0. The molecule has 0 bridgehead atoms. The standard InChI is InChI=1S/C6H12N2O2/c1-4(5(2)7-9)6(3)8-10/h4,9-10H,1-3H3/b7-5+,8-6+. The van der Waals surface area contributed by atoms with E-state index in [1.165, 1.54) is 0 Å². The SMILES string of the molecule is C/C(=N\O)C(C)/C(C)=N/O. The van der Waals surface area contributed by atoms with Gasteiger partial charge in [0.25, 0.3) is 0 Å². The van der Waals surface area contributed by atoms with E-state index in [4.69, 9.17) is 10.4 Å². The first-order valence-corrected chi connectivity index (χ1v) is 3.00. The molecule has 0 radical (unpaired) electrons. The normalized spacial score (nSPS) is 17.1. The Labute approximate surface area is 59.9 Å². The second-order valence-electron chi connectivity index (χ2n) is 2.20. The molecule has 0 amide bonds. The molecule has 0 spiro atoms. The first-order chi connectivity index (χ1) is 4.63. The van der Waals surface area contributed by atoms with Gasteiger partial charge in [-0.2, -0.15) is 0 Å². The monoisotopic (exact) mass is 144 g/mol. The van der Waals surface area contributed by atoms with Crippen LogP contribution in [0.1, 0.15) is 20.8 Å². The van der Waals surface area contributed by atoms with E-state index in [-0.39, 0.29) is 5.92 Å². The van der Waals surface area contributed by atoms with Crippen LogP contribution in [0.3, 0.4) is 0 Å². The number of hydrogen-bond acceptors (Lipinski definition) is 4. The summed E-state index contributed by atoms with van der Waals surface area (Å²) in [5.41, 5.74) is 1.07. The van der Waals surface area contributed by atoms with Crippen molar-refractivity contribution in [2.75, 3.05) is 0 Å². The highest BCUT2D eigenvalue weighted by molar-refractivity contribution is 6.04. The van der Waals surface area contributed by atoms with Gasteiger partial charge in [0.2, 0.25) is 0 Å². The van der Waals surface area contributed by atoms with E-state index in [2.05, 4.69) is 10.3 Å². The molecule has 0 aromatic rings. The van der Waals surface area contributed by atoms with Crippen molar-refractivity contribution < 1.29 is 10.4 Å². The first kappa shape index (κ1) is 8.94. The average Bonchev–Trinajstić information content (AvgIpc) is 2.00. The predicted molar refractivity (Wildman–Crippen MR) is 39.0 cm³/mol. The molecule has 0 aliphatic heterocycles. The fourth-order valence-electron chi connectivity index (χ4n) is 0.476. The number of hydrogen-bond donors (Lipinski definition) is 2. The second-order valence-corrected chi connectivity index (χ2v) is 2.20. The molecular formula is C6H12N2O2. The molecule has 0 aromatic carbocycles. The average molecular weight is 144 g/mol. The Morgan fingerprint density at radius 3 is 1.60 bits per heavy atom. The fourth-order valence-corrected chi connectivity index (χ4v) is 0.476. The van der Waals surface area contributed by atoms with Gasteiger partial charge < -0.3 is 10.4 Å². The van der Waals surface area contributed by atoms with Crippen LogP contribution in [0.5, 0.6) is 0 Å². The van der Waals surface area contributed by atoms with E-state index in [0.717, 1.165) is 0 Å². The summed E-state index contributed by atoms with van der Waals surface area (Å²) in [7, 11) is 0. The lowest BCUT2D eigenvalue weighted by molar-refractivity contribution is 0.312. The molecule has 0 saturated carbocycles. The molecule has 0 aromatic heterocycles. The second kappa shape index (κ2) is 3.87. The Balaban J connectivity index is 4.22. The molecule has 0 rings (SSSR count). The summed E-state index contributed by atoms with van der Waals surface area (Å²) in [6.45, 7) is 5.13. The van der Waals surface area contributed by atoms with Crippen LogP contribution >= 0.6 is 0 Å². The molecule has 4 nitrogen and oxygen atoms in total. The van der Waals surface area contributed by atoms with Gasteiger partial charge in [-0.15, -0.1) is 0 Å². The molecular weight excluding hydrogens is 132 g/mol. The number of nitrogens with zero attached hydrogens (tertiary/aromatic N) is 2. The van der Waals surface area contributed by atoms with Crippen LogP contribution in [0, 0.1) is 5.92 Å². The van der Waals surface area contributed by atoms with E-state index >= 15 is 0 Å². The zero-order valence-electron chi connectivity index (χ0n) is 6.37. The molecule has 0 unspecified atom stereocenters. The molecule has 4 heteroatoms. The van der Waals surface area contributed by atoms with Gasteiger partial charge in [0.1, 0.15) is 0 Å². The molecule has 0 atom stereocenters. The molecule has 0 saturated heterocycles. The quantitative estimate of drug-likeness (QED) is 0.348. The van der Waals surface area contributed by atoms with Gasteiger partial charge in [-0.05, 0) is 13.8 Å². The van der Waals surface area contributed by atoms with Crippen molar-refractivity contribution in [2.45, 2.75) is 20.8 Å². The molecule has 0 fully saturated rings. The van der Waals surface area contributed by atoms with Crippen molar-refractivity contribution in [3.05, 3.63) is 0 Å². The van der Waals surface area contributed by atoms with Gasteiger partial charge in [-0.1, -0.05) is 17.2 Å². The van der Waals surface area contributed by atoms with Crippen molar-refractivity contribution in [1.29, 1.82) is 0 Å². The van der Waals surface area contributed by atoms with Crippen LogP contribution < -0.4 is 0 Å². The van der Waals surface area contributed by atoms with Gasteiger partial charge >= 0.3 is 0 Å². The van der Waals surface area contributed by atoms with Crippen molar-refractivity contribution in [3.63, 3.8) is 0 Å². The van der Waals surface area contributed by atoms with Gasteiger partial charge in [-0.25, -0.2) is 0 Å². The third kappa shape index (κ3) is 2.05. The van der Waals surface area contributed by atoms with Gasteiger partial charge in [-0.3, -0.25) is 0 Å². The number of oxime groups is 2. The van der Waals surface area contributed by atoms with Crippen molar-refractivity contribution in [2.24, 2.45) is 16.2 Å². The van der Waals surface area contributed by atoms with E-state index in [9.17, 15) is 0 Å². The zero-order chi connectivity index (χ0) is 8.15. The van der Waals surface area contributed by atoms with Crippen LogP contribution in [-0.2, 0) is 0 Å². The summed E-state index contributed by atoms with van der Waals surface area (Å²) in [5, 5.41) is 22.6. The largest absolute Gasteiger partial charge is 0.411 e. The zero-order valence-corrected chi connectivity index (χ0v) is 6.37. The minimum Gasteiger partial charge on any atom is -0.411 e. The van der Waals surface area contributed by atoms with Crippen LogP contribution in [0.2, 0.25) is 0 Å². The van der Waals surface area contributed by atoms with Crippen molar-refractivity contribution >= 4 is 11.4 Å². The van der Waals surface area contributed by atoms with E-state index in [1.54, 1.807) is 20.8 Å². The lowest BCUT2D eigenvalue weighted by atomic mass is 10.0. The van der Waals surface area contributed by atoms with Crippen LogP contribution in [-0.4, -0.2) is 21.8 Å². The highest BCUT2D eigenvalue weighted by Crippen LogP contribution is 2.00. The third-order valence-corrected chi connectivity index (χ3v) is 1.57. The smallest absolute Gasteiger partial charge is 0.0625 e. The van der Waals surface area contributed by atoms with E-state index < -0.39 is 0 Å². The van der Waals surface area contributed by atoms with E-state index in [0.29, 0.717) is 11.4 Å². The molecule has 0 aliphatic carbocycles. The number of rotatable bonds is 2. The maximum absolute atomic E-state index is 8.30. The van der Waals surface area contributed by atoms with Crippen molar-refractivity contribution in [3.8, 4) is 0 Å². The lowest BCUT2D eigenvalue weighted by Crippen LogP contribution is -2.15. The van der Waals surface area contributed by atoms with Crippen LogP contribution in [0.15, 0.2) is 10.3 Å². The maximum Gasteiger partial charge on any atom is 0.0625 e. The Morgan fingerprint density at radius 2 is 1.40 bits per heavy atom. The molecule has 0 aliphatic rings. The minimum absolute atomic E-state index is 0.102. The highest BCUT2D eigenvalue weighted by Gasteiger charge is 2.09. The molecule has 2 N–H and O–H groups in total. The summed E-state index contributed by atoms with van der Waals surface area (Å²) in [6, 6.07) is 0. The predicted octanol–water partition coefficient (Wildman–Crippen LogP) is 1.32. The maximum atomic E-state index is 8.30. The molecule has 10 heavy (non-hydrogen) atoms. The van der Waals surface area contributed by atoms with Crippen molar-refractivity contribution in [1.82, 2.24) is 0 Å². The Kier molecular flexibility index (Phi) is 3.46.